The van der Waals surface area contributed by atoms with Crippen LogP contribution in [0, 0.1) is 0 Å². The summed E-state index contributed by atoms with van der Waals surface area (Å²) in [6.45, 7) is -0.744. The van der Waals surface area contributed by atoms with E-state index in [0.717, 1.165) is 10.9 Å². The van der Waals surface area contributed by atoms with Crippen molar-refractivity contribution in [2.45, 2.75) is 6.10 Å². The molecule has 2 rings (SSSR count). The Morgan fingerprint density at radius 1 is 1.38 bits per heavy atom. The number of aromatic nitrogens is 1. The fourth-order valence-corrected chi connectivity index (χ4v) is 1.36. The number of alkyl halides is 1. The van der Waals surface area contributed by atoms with E-state index in [1.807, 2.05) is 18.3 Å². The number of aliphatic hydroxyl groups is 1. The van der Waals surface area contributed by atoms with Gasteiger partial charge in [-0.25, -0.2) is 4.39 Å². The van der Waals surface area contributed by atoms with E-state index in [4.69, 9.17) is 0 Å². The molecule has 2 nitrogen and oxygen atoms in total. The van der Waals surface area contributed by atoms with Crippen LogP contribution in [0.1, 0.15) is 11.7 Å². The lowest BCUT2D eigenvalue weighted by Gasteiger charge is -2.05. The molecule has 1 aromatic carbocycles. The summed E-state index contributed by atoms with van der Waals surface area (Å²) >= 11 is 0. The Bertz CT molecular complexity index is 410. The van der Waals surface area contributed by atoms with Crippen molar-refractivity contribution in [3.05, 3.63) is 36.0 Å². The number of aliphatic hydroxyl groups excluding tert-OH is 1. The summed E-state index contributed by atoms with van der Waals surface area (Å²) in [7, 11) is 0. The second kappa shape index (κ2) is 3.18. The van der Waals surface area contributed by atoms with Crippen molar-refractivity contribution >= 4 is 10.9 Å². The predicted octanol–water partition coefficient (Wildman–Crippen LogP) is 2.17. The molecule has 0 aliphatic carbocycles. The van der Waals surface area contributed by atoms with Crippen molar-refractivity contribution in [2.24, 2.45) is 0 Å². The first-order chi connectivity index (χ1) is 6.31. The minimum Gasteiger partial charge on any atom is -0.386 e. The highest BCUT2D eigenvalue weighted by Gasteiger charge is 2.06. The third-order valence-electron chi connectivity index (χ3n) is 2.11. The number of H-pyrrole nitrogens is 1. The Balaban J connectivity index is 2.48. The molecule has 0 spiro atoms. The Labute approximate surface area is 75.0 Å². The van der Waals surface area contributed by atoms with E-state index >= 15 is 0 Å². The molecule has 0 aliphatic rings. The molecule has 0 amide bonds. The van der Waals surface area contributed by atoms with Gasteiger partial charge in [0.1, 0.15) is 12.8 Å². The molecule has 1 heterocycles. The van der Waals surface area contributed by atoms with E-state index in [0.29, 0.717) is 5.56 Å². The number of halogens is 1. The molecule has 0 radical (unpaired) electrons. The normalized spacial score (nSPS) is 13.4. The fourth-order valence-electron chi connectivity index (χ4n) is 1.36. The molecular weight excluding hydrogens is 169 g/mol. The smallest absolute Gasteiger partial charge is 0.119 e. The molecule has 68 valence electrons. The number of fused-ring (bicyclic) bond motifs is 1. The zero-order valence-electron chi connectivity index (χ0n) is 7.00. The number of benzene rings is 1. The average Bonchev–Trinajstić information content (AvgIpc) is 2.63. The van der Waals surface area contributed by atoms with Crippen molar-refractivity contribution in [3.63, 3.8) is 0 Å². The lowest BCUT2D eigenvalue weighted by atomic mass is 10.1. The van der Waals surface area contributed by atoms with Gasteiger partial charge in [-0.1, -0.05) is 12.1 Å². The molecule has 2 N–H and O–H groups in total. The van der Waals surface area contributed by atoms with Crippen LogP contribution in [0.3, 0.4) is 0 Å². The van der Waals surface area contributed by atoms with E-state index in [2.05, 4.69) is 4.98 Å². The van der Waals surface area contributed by atoms with Gasteiger partial charge in [-0.15, -0.1) is 0 Å². The lowest BCUT2D eigenvalue weighted by molar-refractivity contribution is 0.142. The van der Waals surface area contributed by atoms with Crippen LogP contribution in [0.15, 0.2) is 30.5 Å². The fraction of sp³-hybridized carbons (Fsp3) is 0.200. The molecular formula is C10H10FNO. The van der Waals surface area contributed by atoms with Gasteiger partial charge in [0, 0.05) is 11.7 Å². The van der Waals surface area contributed by atoms with Crippen LogP contribution < -0.4 is 0 Å². The van der Waals surface area contributed by atoms with Crippen molar-refractivity contribution in [1.29, 1.82) is 0 Å². The maximum Gasteiger partial charge on any atom is 0.119 e. The van der Waals surface area contributed by atoms with Gasteiger partial charge in [0.25, 0.3) is 0 Å². The molecule has 1 aromatic heterocycles. The predicted molar refractivity (Wildman–Crippen MR) is 49.2 cm³/mol. The molecule has 13 heavy (non-hydrogen) atoms. The van der Waals surface area contributed by atoms with Crippen LogP contribution >= 0.6 is 0 Å². The van der Waals surface area contributed by atoms with Crippen LogP contribution in [0.5, 0.6) is 0 Å². The van der Waals surface area contributed by atoms with E-state index in [1.54, 1.807) is 12.1 Å². The van der Waals surface area contributed by atoms with Gasteiger partial charge in [-0.2, -0.15) is 0 Å². The number of hydrogen-bond acceptors (Lipinski definition) is 1. The maximum absolute atomic E-state index is 12.1. The monoisotopic (exact) mass is 179 g/mol. The molecule has 0 aliphatic heterocycles. The maximum atomic E-state index is 12.1. The summed E-state index contributed by atoms with van der Waals surface area (Å²) in [6, 6.07) is 7.29. The molecule has 0 saturated heterocycles. The van der Waals surface area contributed by atoms with Crippen molar-refractivity contribution in [3.8, 4) is 0 Å². The molecule has 1 unspecified atom stereocenters. The van der Waals surface area contributed by atoms with Gasteiger partial charge >= 0.3 is 0 Å². The second-order valence-corrected chi connectivity index (χ2v) is 2.99. The number of nitrogens with one attached hydrogen (secondary N) is 1. The minimum absolute atomic E-state index is 0.609. The van der Waals surface area contributed by atoms with Gasteiger partial charge in [0.15, 0.2) is 0 Å². The number of rotatable bonds is 2. The number of aromatic amines is 1. The highest BCUT2D eigenvalue weighted by atomic mass is 19.1. The van der Waals surface area contributed by atoms with E-state index in [-0.39, 0.29) is 0 Å². The Morgan fingerprint density at radius 2 is 2.23 bits per heavy atom. The molecule has 3 heteroatoms. The zero-order valence-corrected chi connectivity index (χ0v) is 7.00. The standard InChI is InChI=1S/C10H10FNO/c11-6-10(13)8-2-1-7-3-4-12-9(7)5-8/h1-5,10,12-13H,6H2. The summed E-state index contributed by atoms with van der Waals surface area (Å²) in [5.41, 5.74) is 1.53. The Kier molecular flexibility index (Phi) is 2.02. The molecule has 0 bridgehead atoms. The Morgan fingerprint density at radius 3 is 3.00 bits per heavy atom. The van der Waals surface area contributed by atoms with Gasteiger partial charge in [0.05, 0.1) is 0 Å². The zero-order chi connectivity index (χ0) is 9.26. The van der Waals surface area contributed by atoms with Crippen LogP contribution in [0.4, 0.5) is 4.39 Å². The first-order valence-electron chi connectivity index (χ1n) is 4.12. The first kappa shape index (κ1) is 8.26. The van der Waals surface area contributed by atoms with Crippen LogP contribution in [0.2, 0.25) is 0 Å². The highest BCUT2D eigenvalue weighted by molar-refractivity contribution is 5.79. The third kappa shape index (κ3) is 1.42. The van der Waals surface area contributed by atoms with Crippen LogP contribution in [-0.2, 0) is 0 Å². The van der Waals surface area contributed by atoms with Crippen LogP contribution in [0.25, 0.3) is 10.9 Å². The summed E-state index contributed by atoms with van der Waals surface area (Å²) in [6.07, 6.45) is 0.809. The van der Waals surface area contributed by atoms with Gasteiger partial charge in [-0.3, -0.25) is 0 Å². The van der Waals surface area contributed by atoms with Gasteiger partial charge < -0.3 is 10.1 Å². The minimum atomic E-state index is -1.01. The summed E-state index contributed by atoms with van der Waals surface area (Å²) in [5.74, 6) is 0. The SMILES string of the molecule is OC(CF)c1ccc2cc[nH]c2c1. The molecule has 0 fully saturated rings. The van der Waals surface area contributed by atoms with Crippen molar-refractivity contribution < 1.29 is 9.50 Å². The average molecular weight is 179 g/mol. The van der Waals surface area contributed by atoms with Gasteiger partial charge in [-0.05, 0) is 23.1 Å². The van der Waals surface area contributed by atoms with Gasteiger partial charge in [0.2, 0.25) is 0 Å². The highest BCUT2D eigenvalue weighted by Crippen LogP contribution is 2.19. The first-order valence-corrected chi connectivity index (χ1v) is 4.12. The lowest BCUT2D eigenvalue weighted by Crippen LogP contribution is -1.98. The summed E-state index contributed by atoms with van der Waals surface area (Å²) < 4.78 is 12.1. The van der Waals surface area contributed by atoms with Crippen molar-refractivity contribution in [2.75, 3.05) is 6.67 Å². The largest absolute Gasteiger partial charge is 0.386 e. The molecule has 1 atom stereocenters. The molecule has 0 saturated carbocycles. The summed E-state index contributed by atoms with van der Waals surface area (Å²) in [4.78, 5) is 3.01. The van der Waals surface area contributed by atoms with E-state index in [9.17, 15) is 9.50 Å². The second-order valence-electron chi connectivity index (χ2n) is 2.99. The topological polar surface area (TPSA) is 36.0 Å². The number of hydrogen-bond donors (Lipinski definition) is 2. The molecule has 2 aromatic rings. The quantitative estimate of drug-likeness (QED) is 0.728. The van der Waals surface area contributed by atoms with Crippen molar-refractivity contribution in [1.82, 2.24) is 4.98 Å². The van der Waals surface area contributed by atoms with E-state index < -0.39 is 12.8 Å². The summed E-state index contributed by atoms with van der Waals surface area (Å²) in [5, 5.41) is 10.3. The third-order valence-corrected chi connectivity index (χ3v) is 2.11. The van der Waals surface area contributed by atoms with E-state index in [1.165, 1.54) is 0 Å². The van der Waals surface area contributed by atoms with Crippen LogP contribution in [-0.4, -0.2) is 16.8 Å². The Hall–Kier alpha value is -1.35.